The second kappa shape index (κ2) is 9.18. The highest BCUT2D eigenvalue weighted by molar-refractivity contribution is 5.39. The molecule has 3 nitrogen and oxygen atoms in total. The van der Waals surface area contributed by atoms with Gasteiger partial charge in [-0.3, -0.25) is 5.84 Å². The summed E-state index contributed by atoms with van der Waals surface area (Å²) in [5.74, 6) is 6.61. The van der Waals surface area contributed by atoms with Crippen LogP contribution < -0.4 is 10.6 Å². The fraction of sp³-hybridized carbons (Fsp3) is 0.478. The maximum absolute atomic E-state index is 13.0. The molecule has 1 heterocycles. The van der Waals surface area contributed by atoms with E-state index in [0.717, 1.165) is 24.9 Å². The minimum Gasteiger partial charge on any atom is -0.406 e. The molecule has 0 radical (unpaired) electrons. The molecule has 1 saturated heterocycles. The van der Waals surface area contributed by atoms with Crippen LogP contribution in [0.3, 0.4) is 0 Å². The van der Waals surface area contributed by atoms with E-state index in [4.69, 9.17) is 5.84 Å². The molecule has 1 aliphatic heterocycles. The van der Waals surface area contributed by atoms with E-state index in [2.05, 4.69) is 30.7 Å². The maximum Gasteiger partial charge on any atom is 0.573 e. The molecule has 0 spiro atoms. The molecule has 3 unspecified atom stereocenters. The molecule has 29 heavy (non-hydrogen) atoms. The third kappa shape index (κ3) is 5.73. The number of nitrogens with zero attached hydrogens (tertiary/aromatic N) is 1. The summed E-state index contributed by atoms with van der Waals surface area (Å²) in [7, 11) is 0. The van der Waals surface area contributed by atoms with Gasteiger partial charge in [0.25, 0.3) is 0 Å². The van der Waals surface area contributed by atoms with Crippen LogP contribution in [0.4, 0.5) is 13.2 Å². The number of rotatable bonds is 6. The van der Waals surface area contributed by atoms with E-state index in [1.807, 2.05) is 24.3 Å². The van der Waals surface area contributed by atoms with Gasteiger partial charge in [0.05, 0.1) is 0 Å². The second-order valence-electron chi connectivity index (χ2n) is 7.99. The molecule has 1 aliphatic rings. The average molecular weight is 406 g/mol. The van der Waals surface area contributed by atoms with Crippen molar-refractivity contribution in [1.29, 1.82) is 0 Å². The summed E-state index contributed by atoms with van der Waals surface area (Å²) in [5, 5.41) is 1.77. The van der Waals surface area contributed by atoms with Crippen molar-refractivity contribution in [2.45, 2.75) is 51.3 Å². The Morgan fingerprint density at radius 2 is 1.90 bits per heavy atom. The highest BCUT2D eigenvalue weighted by Gasteiger charge is 2.34. The minimum atomic E-state index is -4.71. The van der Waals surface area contributed by atoms with Gasteiger partial charge in [-0.15, -0.1) is 13.2 Å². The van der Waals surface area contributed by atoms with E-state index in [0.29, 0.717) is 18.5 Å². The molecule has 0 amide bonds. The van der Waals surface area contributed by atoms with Gasteiger partial charge in [0, 0.05) is 13.1 Å². The van der Waals surface area contributed by atoms with Gasteiger partial charge in [0.15, 0.2) is 0 Å². The summed E-state index contributed by atoms with van der Waals surface area (Å²) < 4.78 is 43.3. The molecule has 0 saturated carbocycles. The summed E-state index contributed by atoms with van der Waals surface area (Å²) in [6.45, 7) is 5.56. The van der Waals surface area contributed by atoms with Crippen LogP contribution in [0.5, 0.6) is 5.75 Å². The number of halogens is 3. The van der Waals surface area contributed by atoms with Gasteiger partial charge >= 0.3 is 6.36 Å². The van der Waals surface area contributed by atoms with E-state index >= 15 is 0 Å². The molecule has 6 heteroatoms. The Balaban J connectivity index is 1.93. The van der Waals surface area contributed by atoms with Gasteiger partial charge in [-0.1, -0.05) is 56.3 Å². The highest BCUT2D eigenvalue weighted by Crippen LogP contribution is 2.38. The number of hydrogen-bond acceptors (Lipinski definition) is 3. The first kappa shape index (κ1) is 21.7. The summed E-state index contributed by atoms with van der Waals surface area (Å²) in [5.41, 5.74) is 2.84. The molecule has 2 aromatic rings. The van der Waals surface area contributed by atoms with E-state index in [-0.39, 0.29) is 23.5 Å². The molecule has 158 valence electrons. The van der Waals surface area contributed by atoms with Crippen molar-refractivity contribution in [3.05, 3.63) is 65.2 Å². The predicted molar refractivity (Wildman–Crippen MR) is 109 cm³/mol. The second-order valence-corrected chi connectivity index (χ2v) is 7.99. The van der Waals surface area contributed by atoms with Gasteiger partial charge in [-0.05, 0) is 59.8 Å². The van der Waals surface area contributed by atoms with Crippen molar-refractivity contribution in [2.24, 2.45) is 11.8 Å². The fourth-order valence-electron chi connectivity index (χ4n) is 4.21. The van der Waals surface area contributed by atoms with Gasteiger partial charge in [0.1, 0.15) is 5.75 Å². The number of ether oxygens (including phenoxy) is 1. The Bertz CT molecular complexity index is 794. The first-order valence-corrected chi connectivity index (χ1v) is 10.2. The van der Waals surface area contributed by atoms with Crippen molar-refractivity contribution < 1.29 is 17.9 Å². The normalized spacial score (nSPS) is 21.7. The highest BCUT2D eigenvalue weighted by atomic mass is 19.4. The van der Waals surface area contributed by atoms with E-state index < -0.39 is 6.36 Å². The first-order chi connectivity index (χ1) is 13.8. The summed E-state index contributed by atoms with van der Waals surface area (Å²) >= 11 is 0. The third-order valence-corrected chi connectivity index (χ3v) is 5.97. The number of hydrazine groups is 1. The number of hydrogen-bond donors (Lipinski definition) is 1. The topological polar surface area (TPSA) is 38.5 Å². The molecule has 3 rings (SSSR count). The fourth-order valence-corrected chi connectivity index (χ4v) is 4.21. The minimum absolute atomic E-state index is 0.106. The summed E-state index contributed by atoms with van der Waals surface area (Å²) in [6, 6.07) is 15.2. The largest absolute Gasteiger partial charge is 0.573 e. The van der Waals surface area contributed by atoms with Crippen LogP contribution in [-0.4, -0.2) is 24.5 Å². The Morgan fingerprint density at radius 3 is 2.55 bits per heavy atom. The standard InChI is InChI=1S/C23H29F3N2O/c1-3-16(2)18-9-10-22(29-23(24,25)26)19(13-18)14-20-15-28(27)12-11-21(20)17-7-5-4-6-8-17/h4-10,13,16,20-21H,3,11-12,14-15,27H2,1-2H3. The summed E-state index contributed by atoms with van der Waals surface area (Å²) in [4.78, 5) is 0. The molecular formula is C23H29F3N2O. The monoisotopic (exact) mass is 406 g/mol. The molecule has 0 bridgehead atoms. The van der Waals surface area contributed by atoms with Crippen molar-refractivity contribution in [3.63, 3.8) is 0 Å². The van der Waals surface area contributed by atoms with Crippen molar-refractivity contribution >= 4 is 0 Å². The quantitative estimate of drug-likeness (QED) is 0.633. The van der Waals surface area contributed by atoms with Gasteiger partial charge < -0.3 is 4.74 Å². The third-order valence-electron chi connectivity index (χ3n) is 5.97. The summed E-state index contributed by atoms with van der Waals surface area (Å²) in [6.07, 6.45) is -2.42. The smallest absolute Gasteiger partial charge is 0.406 e. The van der Waals surface area contributed by atoms with Crippen LogP contribution in [-0.2, 0) is 6.42 Å². The van der Waals surface area contributed by atoms with Crippen molar-refractivity contribution in [2.75, 3.05) is 13.1 Å². The molecule has 1 fully saturated rings. The van der Waals surface area contributed by atoms with Crippen LogP contribution in [0.25, 0.3) is 0 Å². The van der Waals surface area contributed by atoms with E-state index in [1.165, 1.54) is 11.6 Å². The van der Waals surface area contributed by atoms with Gasteiger partial charge in [-0.25, -0.2) is 5.01 Å². The molecule has 0 aromatic heterocycles. The number of alkyl halides is 3. The molecule has 2 aromatic carbocycles. The molecule has 2 N–H and O–H groups in total. The Morgan fingerprint density at radius 1 is 1.17 bits per heavy atom. The number of nitrogens with two attached hydrogens (primary N) is 1. The van der Waals surface area contributed by atoms with E-state index in [9.17, 15) is 13.2 Å². The lowest BCUT2D eigenvalue weighted by Gasteiger charge is -2.37. The number of benzene rings is 2. The predicted octanol–water partition coefficient (Wildman–Crippen LogP) is 5.62. The number of piperidine rings is 1. The SMILES string of the molecule is CCC(C)c1ccc(OC(F)(F)F)c(CC2CN(N)CCC2c2ccccc2)c1. The molecule has 3 atom stereocenters. The van der Waals surface area contributed by atoms with Crippen LogP contribution in [0.2, 0.25) is 0 Å². The van der Waals surface area contributed by atoms with Gasteiger partial charge in [0.2, 0.25) is 0 Å². The zero-order valence-corrected chi connectivity index (χ0v) is 17.0. The first-order valence-electron chi connectivity index (χ1n) is 10.2. The zero-order valence-electron chi connectivity index (χ0n) is 17.0. The lowest BCUT2D eigenvalue weighted by Crippen LogP contribution is -2.44. The van der Waals surface area contributed by atoms with E-state index in [1.54, 1.807) is 11.1 Å². The Kier molecular flexibility index (Phi) is 6.85. The van der Waals surface area contributed by atoms with Crippen molar-refractivity contribution in [3.8, 4) is 5.75 Å². The Labute approximate surface area is 170 Å². The van der Waals surface area contributed by atoms with Crippen LogP contribution >= 0.6 is 0 Å². The average Bonchev–Trinajstić information content (AvgIpc) is 2.68. The Hall–Kier alpha value is -2.05. The van der Waals surface area contributed by atoms with Crippen LogP contribution in [0.1, 0.15) is 55.2 Å². The van der Waals surface area contributed by atoms with Crippen LogP contribution in [0, 0.1) is 5.92 Å². The van der Waals surface area contributed by atoms with Gasteiger partial charge in [-0.2, -0.15) is 0 Å². The lowest BCUT2D eigenvalue weighted by molar-refractivity contribution is -0.274. The zero-order chi connectivity index (χ0) is 21.0. The maximum atomic E-state index is 13.0. The van der Waals surface area contributed by atoms with Crippen molar-refractivity contribution in [1.82, 2.24) is 5.01 Å². The molecule has 0 aliphatic carbocycles. The lowest BCUT2D eigenvalue weighted by atomic mass is 9.77. The van der Waals surface area contributed by atoms with Crippen LogP contribution in [0.15, 0.2) is 48.5 Å². The molecular weight excluding hydrogens is 377 g/mol.